The van der Waals surface area contributed by atoms with Crippen molar-refractivity contribution in [3.05, 3.63) is 35.4 Å². The van der Waals surface area contributed by atoms with Crippen molar-refractivity contribution in [2.24, 2.45) is 0 Å². The highest BCUT2D eigenvalue weighted by molar-refractivity contribution is 6.03. The second-order valence-electron chi connectivity index (χ2n) is 6.86. The van der Waals surface area contributed by atoms with Crippen molar-refractivity contribution in [1.29, 1.82) is 0 Å². The summed E-state index contributed by atoms with van der Waals surface area (Å²) in [6, 6.07) is 9.01. The number of ether oxygens (including phenoxy) is 1. The highest BCUT2D eigenvalue weighted by Gasteiger charge is 2.36. The molecule has 1 aliphatic heterocycles. The molecule has 1 aromatic carbocycles. The standard InChI is InChI=1S/C20H26NO3/c1-24-20(23)18(19(22)21-13-7-8-14-21)17-12-6-5-11-16(17)15-9-3-2-4-10-15/h5-6,12,15,18H,2-4,7-10,13-14H2,1H3. The Kier molecular flexibility index (Phi) is 5.54. The normalized spacial score (nSPS) is 20.0. The number of hydrogen-bond donors (Lipinski definition) is 0. The van der Waals surface area contributed by atoms with Gasteiger partial charge in [0.1, 0.15) is 0 Å². The summed E-state index contributed by atoms with van der Waals surface area (Å²) in [5.41, 5.74) is 1.84. The number of hydrogen-bond acceptors (Lipinski definition) is 3. The topological polar surface area (TPSA) is 46.6 Å². The molecule has 1 aromatic rings. The van der Waals surface area contributed by atoms with Crippen molar-refractivity contribution in [3.63, 3.8) is 0 Å². The van der Waals surface area contributed by atoms with Crippen LogP contribution in [0.15, 0.2) is 18.2 Å². The quantitative estimate of drug-likeness (QED) is 0.628. The first-order valence-corrected chi connectivity index (χ1v) is 9.09. The fourth-order valence-corrected chi connectivity index (χ4v) is 4.06. The molecule has 0 aromatic heterocycles. The van der Waals surface area contributed by atoms with Gasteiger partial charge in [0.05, 0.1) is 7.11 Å². The van der Waals surface area contributed by atoms with Crippen molar-refractivity contribution in [3.8, 4) is 0 Å². The molecule has 4 nitrogen and oxygen atoms in total. The van der Waals surface area contributed by atoms with Crippen LogP contribution < -0.4 is 0 Å². The summed E-state index contributed by atoms with van der Waals surface area (Å²) in [6.45, 7) is 1.48. The molecule has 1 saturated heterocycles. The van der Waals surface area contributed by atoms with Gasteiger partial charge in [-0.25, -0.2) is 0 Å². The van der Waals surface area contributed by atoms with Crippen LogP contribution in [0.3, 0.4) is 0 Å². The second kappa shape index (κ2) is 7.82. The van der Waals surface area contributed by atoms with Gasteiger partial charge in [-0.2, -0.15) is 0 Å². The number of nitrogens with zero attached hydrogens (tertiary/aromatic N) is 1. The molecule has 4 heteroatoms. The summed E-state index contributed by atoms with van der Waals surface area (Å²) < 4.78 is 4.99. The number of methoxy groups -OCH3 is 1. The number of likely N-dealkylation sites (tertiary alicyclic amines) is 1. The second-order valence-corrected chi connectivity index (χ2v) is 6.86. The van der Waals surface area contributed by atoms with E-state index >= 15 is 0 Å². The molecule has 1 radical (unpaired) electrons. The zero-order valence-corrected chi connectivity index (χ0v) is 14.4. The van der Waals surface area contributed by atoms with Crippen LogP contribution in [0.5, 0.6) is 0 Å². The maximum atomic E-state index is 13.0. The van der Waals surface area contributed by atoms with Gasteiger partial charge in [0.25, 0.3) is 0 Å². The van der Waals surface area contributed by atoms with Crippen LogP contribution in [0.25, 0.3) is 0 Å². The van der Waals surface area contributed by atoms with Crippen LogP contribution in [0.2, 0.25) is 0 Å². The fraction of sp³-hybridized carbons (Fsp3) is 0.600. The maximum Gasteiger partial charge on any atom is 0.322 e. The molecule has 3 rings (SSSR count). The zero-order valence-electron chi connectivity index (χ0n) is 14.4. The highest BCUT2D eigenvalue weighted by atomic mass is 16.5. The van der Waals surface area contributed by atoms with Gasteiger partial charge in [-0.05, 0) is 48.8 Å². The lowest BCUT2D eigenvalue weighted by molar-refractivity contribution is -0.149. The molecule has 0 bridgehead atoms. The van der Waals surface area contributed by atoms with E-state index in [4.69, 9.17) is 4.74 Å². The molecule has 129 valence electrons. The molecular formula is C20H26NO3. The van der Waals surface area contributed by atoms with Crippen molar-refractivity contribution in [1.82, 2.24) is 4.90 Å². The van der Waals surface area contributed by atoms with Crippen LogP contribution in [0.4, 0.5) is 0 Å². The Morgan fingerprint density at radius 1 is 1.17 bits per heavy atom. The monoisotopic (exact) mass is 328 g/mol. The summed E-state index contributed by atoms with van der Waals surface area (Å²) in [4.78, 5) is 27.3. The van der Waals surface area contributed by atoms with Crippen molar-refractivity contribution in [2.45, 2.75) is 56.8 Å². The molecule has 1 saturated carbocycles. The van der Waals surface area contributed by atoms with E-state index in [1.165, 1.54) is 26.4 Å². The summed E-state index contributed by atoms with van der Waals surface area (Å²) >= 11 is 0. The molecule has 2 fully saturated rings. The third-order valence-electron chi connectivity index (χ3n) is 5.35. The van der Waals surface area contributed by atoms with Crippen LogP contribution in [0, 0.1) is 6.07 Å². The largest absolute Gasteiger partial charge is 0.468 e. The van der Waals surface area contributed by atoms with E-state index in [1.807, 2.05) is 18.2 Å². The average molecular weight is 328 g/mol. The molecule has 2 aliphatic rings. The minimum Gasteiger partial charge on any atom is -0.468 e. The van der Waals surface area contributed by atoms with Gasteiger partial charge in [0.15, 0.2) is 5.92 Å². The van der Waals surface area contributed by atoms with Gasteiger partial charge in [-0.1, -0.05) is 37.5 Å². The van der Waals surface area contributed by atoms with E-state index in [9.17, 15) is 9.59 Å². The van der Waals surface area contributed by atoms with Gasteiger partial charge in [-0.15, -0.1) is 0 Å². The number of carbonyl (C=O) groups is 2. The first kappa shape index (κ1) is 17.0. The Bertz CT molecular complexity index is 586. The van der Waals surface area contributed by atoms with Crippen LogP contribution in [0.1, 0.15) is 67.9 Å². The Hall–Kier alpha value is -1.84. The molecule has 1 unspecified atom stereocenters. The molecule has 1 aliphatic carbocycles. The van der Waals surface area contributed by atoms with Crippen LogP contribution >= 0.6 is 0 Å². The van der Waals surface area contributed by atoms with Crippen molar-refractivity contribution < 1.29 is 14.3 Å². The van der Waals surface area contributed by atoms with Crippen LogP contribution in [-0.4, -0.2) is 37.0 Å². The lowest BCUT2D eigenvalue weighted by atomic mass is 9.79. The van der Waals surface area contributed by atoms with E-state index in [0.29, 0.717) is 5.92 Å². The Morgan fingerprint density at radius 2 is 1.88 bits per heavy atom. The summed E-state index contributed by atoms with van der Waals surface area (Å²) in [7, 11) is 1.36. The average Bonchev–Trinajstić information content (AvgIpc) is 3.17. The van der Waals surface area contributed by atoms with Gasteiger partial charge in [-0.3, -0.25) is 9.59 Å². The third-order valence-corrected chi connectivity index (χ3v) is 5.35. The summed E-state index contributed by atoms with van der Waals surface area (Å²) in [6.07, 6.45) is 7.92. The lowest BCUT2D eigenvalue weighted by Gasteiger charge is -2.28. The zero-order chi connectivity index (χ0) is 16.9. The molecule has 0 N–H and O–H groups in total. The number of carbonyl (C=O) groups excluding carboxylic acids is 2. The molecule has 1 amide bonds. The van der Waals surface area contributed by atoms with E-state index in [0.717, 1.165) is 49.9 Å². The maximum absolute atomic E-state index is 13.0. The summed E-state index contributed by atoms with van der Waals surface area (Å²) in [5.74, 6) is -1.02. The summed E-state index contributed by atoms with van der Waals surface area (Å²) in [5, 5.41) is 0. The third kappa shape index (κ3) is 3.47. The van der Waals surface area contributed by atoms with Crippen molar-refractivity contribution in [2.75, 3.05) is 20.2 Å². The van der Waals surface area contributed by atoms with Gasteiger partial charge >= 0.3 is 5.97 Å². The fourth-order valence-electron chi connectivity index (χ4n) is 4.06. The van der Waals surface area contributed by atoms with Gasteiger partial charge in [0.2, 0.25) is 5.91 Å². The Morgan fingerprint density at radius 3 is 2.54 bits per heavy atom. The first-order chi connectivity index (χ1) is 11.7. The molecule has 0 spiro atoms. The highest BCUT2D eigenvalue weighted by Crippen LogP contribution is 2.37. The molecule has 1 atom stereocenters. The predicted octanol–water partition coefficient (Wildman–Crippen LogP) is 3.41. The lowest BCUT2D eigenvalue weighted by Crippen LogP contribution is -2.37. The predicted molar refractivity (Wildman–Crippen MR) is 91.7 cm³/mol. The van der Waals surface area contributed by atoms with E-state index in [-0.39, 0.29) is 5.91 Å². The van der Waals surface area contributed by atoms with Crippen molar-refractivity contribution >= 4 is 11.9 Å². The van der Waals surface area contributed by atoms with Gasteiger partial charge in [0, 0.05) is 13.1 Å². The van der Waals surface area contributed by atoms with E-state index in [1.54, 1.807) is 4.90 Å². The SMILES string of the molecule is COC(=O)C(C(=O)N1CCCC1)c1ccc[c]c1C1CCCCC1. The Balaban J connectivity index is 1.95. The smallest absolute Gasteiger partial charge is 0.322 e. The molecular weight excluding hydrogens is 302 g/mol. The van der Waals surface area contributed by atoms with E-state index < -0.39 is 11.9 Å². The first-order valence-electron chi connectivity index (χ1n) is 9.09. The van der Waals surface area contributed by atoms with E-state index in [2.05, 4.69) is 6.07 Å². The number of esters is 1. The Labute approximate surface area is 144 Å². The molecule has 1 heterocycles. The minimum absolute atomic E-state index is 0.115. The molecule has 24 heavy (non-hydrogen) atoms. The minimum atomic E-state index is -0.845. The van der Waals surface area contributed by atoms with Gasteiger partial charge < -0.3 is 9.64 Å². The number of rotatable bonds is 4. The number of benzene rings is 1. The van der Waals surface area contributed by atoms with Crippen LogP contribution in [-0.2, 0) is 14.3 Å². The number of amides is 1.